The Labute approximate surface area is 89.5 Å². The summed E-state index contributed by atoms with van der Waals surface area (Å²) in [6.07, 6.45) is 9.55. The molecule has 1 aliphatic rings. The van der Waals surface area contributed by atoms with Crippen molar-refractivity contribution >= 4 is 6.08 Å². The summed E-state index contributed by atoms with van der Waals surface area (Å²) in [5.74, 6) is -0.187. The molecular weight excluding hydrogens is 189 g/mol. The van der Waals surface area contributed by atoms with Crippen LogP contribution in [0.2, 0.25) is 0 Å². The first kappa shape index (κ1) is 9.97. The first-order valence-corrected chi connectivity index (χ1v) is 5.17. The second-order valence-corrected chi connectivity index (χ2v) is 3.62. The predicted octanol–water partition coefficient (Wildman–Crippen LogP) is 3.06. The maximum atomic E-state index is 12.6. The summed E-state index contributed by atoms with van der Waals surface area (Å²) < 4.78 is 12.6. The minimum Gasteiger partial charge on any atom is -0.373 e. The van der Waals surface area contributed by atoms with Gasteiger partial charge >= 0.3 is 0 Å². The molecule has 78 valence electrons. The average Bonchev–Trinajstić information content (AvgIpc) is 2.30. The van der Waals surface area contributed by atoms with Gasteiger partial charge in [-0.2, -0.15) is 0 Å². The third-order valence-electron chi connectivity index (χ3n) is 2.44. The van der Waals surface area contributed by atoms with Crippen LogP contribution in [0.5, 0.6) is 0 Å². The van der Waals surface area contributed by atoms with Crippen LogP contribution in [0.15, 0.2) is 42.6 Å². The maximum absolute atomic E-state index is 12.6. The Bertz CT molecular complexity index is 365. The molecule has 0 radical (unpaired) electrons. The van der Waals surface area contributed by atoms with Gasteiger partial charge in [-0.05, 0) is 36.4 Å². The lowest BCUT2D eigenvalue weighted by molar-refractivity contribution is 0.412. The summed E-state index contributed by atoms with van der Waals surface area (Å²) in [4.78, 5) is 2.24. The fourth-order valence-electron chi connectivity index (χ4n) is 1.56. The molecule has 0 N–H and O–H groups in total. The van der Waals surface area contributed by atoms with E-state index in [-0.39, 0.29) is 5.82 Å². The number of rotatable bonds is 2. The van der Waals surface area contributed by atoms with E-state index in [1.165, 1.54) is 12.1 Å². The average molecular weight is 203 g/mol. The van der Waals surface area contributed by atoms with E-state index in [9.17, 15) is 4.39 Å². The quantitative estimate of drug-likeness (QED) is 0.668. The van der Waals surface area contributed by atoms with Crippen molar-refractivity contribution in [1.29, 1.82) is 0 Å². The smallest absolute Gasteiger partial charge is 0.123 e. The van der Waals surface area contributed by atoms with Crippen molar-refractivity contribution in [2.24, 2.45) is 0 Å². The highest BCUT2D eigenvalue weighted by Gasteiger charge is 1.99. The standard InChI is InChI=1S/C13H14FN/c14-13-6-4-12(5-7-13)8-11-15-9-2-1-3-10-15/h1-2,4-8,11H,3,9-10H2. The Morgan fingerprint density at radius 1 is 1.13 bits per heavy atom. The minimum atomic E-state index is -0.187. The highest BCUT2D eigenvalue weighted by atomic mass is 19.1. The van der Waals surface area contributed by atoms with Gasteiger partial charge in [0.1, 0.15) is 5.82 Å². The SMILES string of the molecule is Fc1ccc(C=CN2CC=CCC2)cc1. The van der Waals surface area contributed by atoms with Crippen LogP contribution >= 0.6 is 0 Å². The summed E-state index contributed by atoms with van der Waals surface area (Å²) in [5.41, 5.74) is 1.03. The third kappa shape index (κ3) is 2.94. The van der Waals surface area contributed by atoms with Gasteiger partial charge in [0, 0.05) is 13.1 Å². The summed E-state index contributed by atoms with van der Waals surface area (Å²) in [6.45, 7) is 2.03. The molecule has 0 bridgehead atoms. The zero-order chi connectivity index (χ0) is 10.5. The van der Waals surface area contributed by atoms with E-state index in [1.54, 1.807) is 12.1 Å². The molecule has 2 heteroatoms. The fraction of sp³-hybridized carbons (Fsp3) is 0.231. The van der Waals surface area contributed by atoms with Gasteiger partial charge in [0.15, 0.2) is 0 Å². The van der Waals surface area contributed by atoms with Crippen molar-refractivity contribution in [3.05, 3.63) is 54.0 Å². The maximum Gasteiger partial charge on any atom is 0.123 e. The lowest BCUT2D eigenvalue weighted by Gasteiger charge is -2.20. The second kappa shape index (κ2) is 4.78. The molecule has 1 aromatic rings. The molecule has 0 spiro atoms. The van der Waals surface area contributed by atoms with Crippen molar-refractivity contribution in [3.63, 3.8) is 0 Å². The van der Waals surface area contributed by atoms with Crippen molar-refractivity contribution in [3.8, 4) is 0 Å². The lowest BCUT2D eigenvalue weighted by Crippen LogP contribution is -2.20. The first-order chi connectivity index (χ1) is 7.34. The van der Waals surface area contributed by atoms with Crippen LogP contribution in [0.3, 0.4) is 0 Å². The second-order valence-electron chi connectivity index (χ2n) is 3.62. The van der Waals surface area contributed by atoms with Gasteiger partial charge in [-0.1, -0.05) is 24.3 Å². The summed E-state index contributed by atoms with van der Waals surface area (Å²) in [7, 11) is 0. The Balaban J connectivity index is 1.98. The van der Waals surface area contributed by atoms with E-state index in [4.69, 9.17) is 0 Å². The van der Waals surface area contributed by atoms with Gasteiger partial charge in [0.2, 0.25) is 0 Å². The molecule has 0 saturated carbocycles. The Kier molecular flexibility index (Phi) is 3.18. The Morgan fingerprint density at radius 2 is 1.93 bits per heavy atom. The highest BCUT2D eigenvalue weighted by Crippen LogP contribution is 2.07. The van der Waals surface area contributed by atoms with Crippen molar-refractivity contribution in [2.75, 3.05) is 13.1 Å². The van der Waals surface area contributed by atoms with Crippen LogP contribution in [-0.2, 0) is 0 Å². The van der Waals surface area contributed by atoms with Gasteiger partial charge < -0.3 is 4.90 Å². The van der Waals surface area contributed by atoms with Gasteiger partial charge in [-0.3, -0.25) is 0 Å². The molecule has 0 fully saturated rings. The van der Waals surface area contributed by atoms with Crippen molar-refractivity contribution in [1.82, 2.24) is 4.90 Å². The first-order valence-electron chi connectivity index (χ1n) is 5.17. The summed E-state index contributed by atoms with van der Waals surface area (Å²) in [5, 5.41) is 0. The van der Waals surface area contributed by atoms with Crippen molar-refractivity contribution < 1.29 is 4.39 Å². The monoisotopic (exact) mass is 203 g/mol. The Morgan fingerprint density at radius 3 is 2.60 bits per heavy atom. The van der Waals surface area contributed by atoms with E-state index in [0.717, 1.165) is 25.1 Å². The topological polar surface area (TPSA) is 3.24 Å². The fourth-order valence-corrected chi connectivity index (χ4v) is 1.56. The van der Waals surface area contributed by atoms with Gasteiger partial charge in [-0.25, -0.2) is 4.39 Å². The number of halogens is 1. The lowest BCUT2D eigenvalue weighted by atomic mass is 10.2. The molecule has 0 atom stereocenters. The zero-order valence-electron chi connectivity index (χ0n) is 8.57. The van der Waals surface area contributed by atoms with Crippen LogP contribution in [0.4, 0.5) is 4.39 Å². The Hall–Kier alpha value is -1.57. The molecule has 0 saturated heterocycles. The molecule has 0 amide bonds. The van der Waals surface area contributed by atoms with Crippen LogP contribution in [-0.4, -0.2) is 18.0 Å². The van der Waals surface area contributed by atoms with Crippen LogP contribution in [0.25, 0.3) is 6.08 Å². The molecule has 1 nitrogen and oxygen atoms in total. The molecule has 2 rings (SSSR count). The molecule has 15 heavy (non-hydrogen) atoms. The van der Waals surface area contributed by atoms with Gasteiger partial charge in [0.25, 0.3) is 0 Å². The highest BCUT2D eigenvalue weighted by molar-refractivity contribution is 5.48. The van der Waals surface area contributed by atoms with Gasteiger partial charge in [-0.15, -0.1) is 0 Å². The molecule has 0 aromatic heterocycles. The van der Waals surface area contributed by atoms with E-state index in [0.29, 0.717) is 0 Å². The van der Waals surface area contributed by atoms with E-state index >= 15 is 0 Å². The molecular formula is C13H14FN. The van der Waals surface area contributed by atoms with Crippen LogP contribution < -0.4 is 0 Å². The molecule has 1 heterocycles. The van der Waals surface area contributed by atoms with E-state index in [2.05, 4.69) is 23.3 Å². The normalized spacial score (nSPS) is 16.2. The van der Waals surface area contributed by atoms with Crippen LogP contribution in [0.1, 0.15) is 12.0 Å². The number of hydrogen-bond acceptors (Lipinski definition) is 1. The molecule has 0 aliphatic carbocycles. The van der Waals surface area contributed by atoms with Crippen molar-refractivity contribution in [2.45, 2.75) is 6.42 Å². The predicted molar refractivity (Wildman–Crippen MR) is 60.8 cm³/mol. The molecule has 1 aromatic carbocycles. The largest absolute Gasteiger partial charge is 0.373 e. The number of nitrogens with zero attached hydrogens (tertiary/aromatic N) is 1. The number of hydrogen-bond donors (Lipinski definition) is 0. The summed E-state index contributed by atoms with van der Waals surface area (Å²) in [6, 6.07) is 6.53. The van der Waals surface area contributed by atoms with Gasteiger partial charge in [0.05, 0.1) is 0 Å². The van der Waals surface area contributed by atoms with E-state index < -0.39 is 0 Å². The zero-order valence-corrected chi connectivity index (χ0v) is 8.57. The summed E-state index contributed by atoms with van der Waals surface area (Å²) >= 11 is 0. The molecule has 1 aliphatic heterocycles. The van der Waals surface area contributed by atoms with E-state index in [1.807, 2.05) is 6.08 Å². The van der Waals surface area contributed by atoms with Crippen LogP contribution in [0, 0.1) is 5.82 Å². The molecule has 0 unspecified atom stereocenters. The number of benzene rings is 1. The minimum absolute atomic E-state index is 0.187. The third-order valence-corrected chi connectivity index (χ3v) is 2.44.